The van der Waals surface area contributed by atoms with E-state index in [4.69, 9.17) is 10.5 Å². The van der Waals surface area contributed by atoms with Gasteiger partial charge in [0.1, 0.15) is 6.04 Å². The first-order valence-corrected chi connectivity index (χ1v) is 6.45. The van der Waals surface area contributed by atoms with Gasteiger partial charge in [-0.25, -0.2) is 4.79 Å². The normalized spacial score (nSPS) is 15.2. The van der Waals surface area contributed by atoms with E-state index in [1.807, 2.05) is 32.0 Å². The van der Waals surface area contributed by atoms with Gasteiger partial charge in [-0.1, -0.05) is 6.07 Å². The van der Waals surface area contributed by atoms with Gasteiger partial charge in [0.05, 0.1) is 6.61 Å². The molecule has 1 aromatic carbocycles. The van der Waals surface area contributed by atoms with Crippen molar-refractivity contribution in [3.63, 3.8) is 0 Å². The summed E-state index contributed by atoms with van der Waals surface area (Å²) in [4.78, 5) is 13.9. The maximum Gasteiger partial charge on any atom is 0.328 e. The Kier molecular flexibility index (Phi) is 5.48. The predicted octanol–water partition coefficient (Wildman–Crippen LogP) is 2.39. The minimum atomic E-state index is -0.259. The van der Waals surface area contributed by atoms with Crippen LogP contribution in [0.15, 0.2) is 18.2 Å². The van der Waals surface area contributed by atoms with Gasteiger partial charge in [-0.3, -0.25) is 0 Å². The summed E-state index contributed by atoms with van der Waals surface area (Å²) in [7, 11) is 0. The molecular formula is C14H21ClN2O2. The number of esters is 1. The van der Waals surface area contributed by atoms with E-state index in [-0.39, 0.29) is 24.4 Å². The third-order valence-electron chi connectivity index (χ3n) is 3.42. The van der Waals surface area contributed by atoms with Crippen LogP contribution >= 0.6 is 12.4 Å². The first-order chi connectivity index (χ1) is 8.65. The highest BCUT2D eigenvalue weighted by molar-refractivity contribution is 5.85. The van der Waals surface area contributed by atoms with Crippen molar-refractivity contribution in [2.45, 2.75) is 32.7 Å². The lowest BCUT2D eigenvalue weighted by atomic mass is 9.98. The molecule has 1 unspecified atom stereocenters. The van der Waals surface area contributed by atoms with Crippen LogP contribution in [0, 0.1) is 0 Å². The van der Waals surface area contributed by atoms with Crippen molar-refractivity contribution in [3.8, 4) is 0 Å². The molecule has 4 nitrogen and oxygen atoms in total. The molecule has 1 aliphatic rings. The molecule has 0 aromatic heterocycles. The van der Waals surface area contributed by atoms with E-state index in [0.29, 0.717) is 6.61 Å². The summed E-state index contributed by atoms with van der Waals surface area (Å²) in [5.41, 5.74) is 9.03. The van der Waals surface area contributed by atoms with E-state index < -0.39 is 0 Å². The minimum Gasteiger partial charge on any atom is -0.464 e. The van der Waals surface area contributed by atoms with Crippen molar-refractivity contribution in [2.75, 3.05) is 23.8 Å². The molecule has 5 heteroatoms. The zero-order valence-corrected chi connectivity index (χ0v) is 12.2. The number of fused-ring (bicyclic) bond motifs is 1. The van der Waals surface area contributed by atoms with Crippen LogP contribution < -0.4 is 10.6 Å². The molecule has 0 aliphatic carbocycles. The number of nitrogens with two attached hydrogens (primary N) is 1. The first-order valence-electron chi connectivity index (χ1n) is 6.45. The molecule has 106 valence electrons. The molecule has 0 bridgehead atoms. The van der Waals surface area contributed by atoms with Crippen molar-refractivity contribution in [2.24, 2.45) is 0 Å². The summed E-state index contributed by atoms with van der Waals surface area (Å²) in [5, 5.41) is 0. The quantitative estimate of drug-likeness (QED) is 0.684. The molecule has 1 aromatic rings. The fraction of sp³-hybridized carbons (Fsp3) is 0.500. The van der Waals surface area contributed by atoms with Crippen molar-refractivity contribution in [3.05, 3.63) is 23.8 Å². The lowest BCUT2D eigenvalue weighted by Gasteiger charge is -2.35. The summed E-state index contributed by atoms with van der Waals surface area (Å²) in [5.74, 6) is -0.173. The van der Waals surface area contributed by atoms with Gasteiger partial charge in [0.25, 0.3) is 0 Å². The monoisotopic (exact) mass is 284 g/mol. The van der Waals surface area contributed by atoms with Crippen LogP contribution in [0.25, 0.3) is 0 Å². The van der Waals surface area contributed by atoms with Crippen molar-refractivity contribution in [1.29, 1.82) is 0 Å². The lowest BCUT2D eigenvalue weighted by molar-refractivity contribution is -0.144. The number of ether oxygens (including phenoxy) is 1. The van der Waals surface area contributed by atoms with Gasteiger partial charge in [0.15, 0.2) is 0 Å². The number of carbonyl (C=O) groups is 1. The van der Waals surface area contributed by atoms with Crippen molar-refractivity contribution >= 4 is 29.8 Å². The highest BCUT2D eigenvalue weighted by atomic mass is 35.5. The molecule has 0 radical (unpaired) electrons. The molecule has 2 rings (SSSR count). The zero-order chi connectivity index (χ0) is 13.1. The zero-order valence-electron chi connectivity index (χ0n) is 11.4. The number of hydrogen-bond donors (Lipinski definition) is 1. The second-order valence-electron chi connectivity index (χ2n) is 4.57. The maximum atomic E-state index is 11.8. The number of carbonyl (C=O) groups excluding carboxylic acids is 1. The van der Waals surface area contributed by atoms with Crippen LogP contribution in [0.3, 0.4) is 0 Å². The summed E-state index contributed by atoms with van der Waals surface area (Å²) in [6, 6.07) is 5.62. The van der Waals surface area contributed by atoms with E-state index in [1.165, 1.54) is 0 Å². The van der Waals surface area contributed by atoms with Crippen molar-refractivity contribution < 1.29 is 9.53 Å². The third-order valence-corrected chi connectivity index (χ3v) is 3.42. The third kappa shape index (κ3) is 3.13. The largest absolute Gasteiger partial charge is 0.464 e. The molecule has 1 atom stereocenters. The van der Waals surface area contributed by atoms with Crippen LogP contribution in [-0.4, -0.2) is 25.2 Å². The van der Waals surface area contributed by atoms with Gasteiger partial charge >= 0.3 is 5.97 Å². The summed E-state index contributed by atoms with van der Waals surface area (Å²) in [6.45, 7) is 5.00. The summed E-state index contributed by atoms with van der Waals surface area (Å²) >= 11 is 0. The smallest absolute Gasteiger partial charge is 0.328 e. The van der Waals surface area contributed by atoms with Gasteiger partial charge in [-0.2, -0.15) is 0 Å². The van der Waals surface area contributed by atoms with Crippen LogP contribution in [0.5, 0.6) is 0 Å². The van der Waals surface area contributed by atoms with E-state index in [2.05, 4.69) is 4.90 Å². The number of benzene rings is 1. The van der Waals surface area contributed by atoms with E-state index in [9.17, 15) is 4.79 Å². The number of hydrogen-bond acceptors (Lipinski definition) is 4. The average molecular weight is 285 g/mol. The van der Waals surface area contributed by atoms with Gasteiger partial charge in [-0.15, -0.1) is 12.4 Å². The predicted molar refractivity (Wildman–Crippen MR) is 79.9 cm³/mol. The Hall–Kier alpha value is -1.42. The Balaban J connectivity index is 0.00000180. The van der Waals surface area contributed by atoms with E-state index in [1.54, 1.807) is 0 Å². The van der Waals surface area contributed by atoms with Crippen molar-refractivity contribution in [1.82, 2.24) is 0 Å². The Morgan fingerprint density at radius 2 is 2.26 bits per heavy atom. The fourth-order valence-electron chi connectivity index (χ4n) is 2.47. The fourth-order valence-corrected chi connectivity index (χ4v) is 2.47. The van der Waals surface area contributed by atoms with Gasteiger partial charge < -0.3 is 15.4 Å². The standard InChI is InChI=1S/C14H20N2O2.ClH/c1-3-18-14(17)10(2)16-9-5-6-11-12(15)7-4-8-13(11)16;/h4,7-8,10H,3,5-6,9,15H2,1-2H3;1H. The Morgan fingerprint density at radius 3 is 2.95 bits per heavy atom. The average Bonchev–Trinajstić information content (AvgIpc) is 2.38. The molecule has 0 spiro atoms. The van der Waals surface area contributed by atoms with Crippen LogP contribution in [0.4, 0.5) is 11.4 Å². The highest BCUT2D eigenvalue weighted by Crippen LogP contribution is 2.32. The molecule has 0 amide bonds. The minimum absolute atomic E-state index is 0. The summed E-state index contributed by atoms with van der Waals surface area (Å²) < 4.78 is 5.09. The van der Waals surface area contributed by atoms with E-state index >= 15 is 0 Å². The second-order valence-corrected chi connectivity index (χ2v) is 4.57. The first kappa shape index (κ1) is 15.6. The number of anilines is 2. The van der Waals surface area contributed by atoms with Crippen LogP contribution in [0.1, 0.15) is 25.8 Å². The summed E-state index contributed by atoms with van der Waals surface area (Å²) in [6.07, 6.45) is 2.00. The molecule has 0 fully saturated rings. The Bertz CT molecular complexity index is 451. The van der Waals surface area contributed by atoms with Crippen LogP contribution in [-0.2, 0) is 16.0 Å². The molecular weight excluding hydrogens is 264 g/mol. The SMILES string of the molecule is CCOC(=O)C(C)N1CCCc2c(N)cccc21.Cl. The molecule has 0 saturated carbocycles. The Labute approximate surface area is 120 Å². The van der Waals surface area contributed by atoms with Crippen LogP contribution in [0.2, 0.25) is 0 Å². The van der Waals surface area contributed by atoms with Gasteiger partial charge in [-0.05, 0) is 44.4 Å². The number of nitrogen functional groups attached to an aromatic ring is 1. The number of rotatable bonds is 3. The molecule has 19 heavy (non-hydrogen) atoms. The molecule has 2 N–H and O–H groups in total. The van der Waals surface area contributed by atoms with E-state index in [0.717, 1.165) is 36.3 Å². The van der Waals surface area contributed by atoms with Gasteiger partial charge in [0, 0.05) is 17.9 Å². The maximum absolute atomic E-state index is 11.8. The second kappa shape index (κ2) is 6.66. The number of nitrogens with zero attached hydrogens (tertiary/aromatic N) is 1. The van der Waals surface area contributed by atoms with Gasteiger partial charge in [0.2, 0.25) is 0 Å². The molecule has 0 saturated heterocycles. The molecule has 1 heterocycles. The topological polar surface area (TPSA) is 55.6 Å². The number of halogens is 1. The Morgan fingerprint density at radius 1 is 1.53 bits per heavy atom. The highest BCUT2D eigenvalue weighted by Gasteiger charge is 2.27. The lowest BCUT2D eigenvalue weighted by Crippen LogP contribution is -2.43. The molecule has 1 aliphatic heterocycles.